The monoisotopic (exact) mass is 330 g/mol. The SMILES string of the molecule is O=C(Cn1c(=O)sc2ccccc21)Oc1ccccc1[N+](=O)[O-]. The molecule has 0 radical (unpaired) electrons. The van der Waals surface area contributed by atoms with Gasteiger partial charge in [0.05, 0.1) is 15.1 Å². The summed E-state index contributed by atoms with van der Waals surface area (Å²) in [5.74, 6) is -0.889. The molecule has 1 heterocycles. The van der Waals surface area contributed by atoms with Crippen LogP contribution in [0.3, 0.4) is 0 Å². The minimum atomic E-state index is -0.745. The second kappa shape index (κ2) is 6.01. The predicted molar refractivity (Wildman–Crippen MR) is 84.8 cm³/mol. The van der Waals surface area contributed by atoms with Crippen LogP contribution in [0.25, 0.3) is 10.2 Å². The summed E-state index contributed by atoms with van der Waals surface area (Å²) >= 11 is 1.03. The summed E-state index contributed by atoms with van der Waals surface area (Å²) in [5, 5.41) is 10.9. The highest BCUT2D eigenvalue weighted by atomic mass is 32.1. The average Bonchev–Trinajstić information content (AvgIpc) is 2.83. The number of ether oxygens (including phenoxy) is 1. The van der Waals surface area contributed by atoms with Crippen LogP contribution in [-0.4, -0.2) is 15.5 Å². The van der Waals surface area contributed by atoms with E-state index in [1.54, 1.807) is 24.3 Å². The summed E-state index contributed by atoms with van der Waals surface area (Å²) in [6.07, 6.45) is 0. The number of carbonyl (C=O) groups excluding carboxylic acids is 1. The Balaban J connectivity index is 1.86. The predicted octanol–water partition coefficient (Wildman–Crippen LogP) is 2.58. The first kappa shape index (κ1) is 14.9. The standard InChI is InChI=1S/C15H10N2O5S/c18-14(22-12-7-3-1-5-10(12)17(20)21)9-16-11-6-2-4-8-13(11)23-15(16)19/h1-8H,9H2. The number of fused-ring (bicyclic) bond motifs is 1. The highest BCUT2D eigenvalue weighted by molar-refractivity contribution is 7.16. The molecule has 1 aromatic heterocycles. The van der Waals surface area contributed by atoms with E-state index in [9.17, 15) is 19.7 Å². The van der Waals surface area contributed by atoms with E-state index in [0.29, 0.717) is 5.52 Å². The van der Waals surface area contributed by atoms with E-state index in [0.717, 1.165) is 16.0 Å². The molecule has 0 atom stereocenters. The summed E-state index contributed by atoms with van der Waals surface area (Å²) < 4.78 is 7.10. The zero-order valence-electron chi connectivity index (χ0n) is 11.7. The molecule has 0 unspecified atom stereocenters. The Morgan fingerprint density at radius 3 is 2.65 bits per heavy atom. The van der Waals surface area contributed by atoms with Gasteiger partial charge in [0, 0.05) is 6.07 Å². The Labute approximate surface area is 133 Å². The van der Waals surface area contributed by atoms with Crippen LogP contribution in [0.2, 0.25) is 0 Å². The third kappa shape index (κ3) is 2.97. The van der Waals surface area contributed by atoms with Crippen molar-refractivity contribution in [2.24, 2.45) is 0 Å². The summed E-state index contributed by atoms with van der Waals surface area (Å²) in [4.78, 5) is 34.0. The Hall–Kier alpha value is -3.00. The molecule has 0 N–H and O–H groups in total. The molecule has 23 heavy (non-hydrogen) atoms. The van der Waals surface area contributed by atoms with Crippen LogP contribution in [0.4, 0.5) is 5.69 Å². The van der Waals surface area contributed by atoms with Gasteiger partial charge in [0.25, 0.3) is 0 Å². The molecule has 7 nitrogen and oxygen atoms in total. The van der Waals surface area contributed by atoms with Crippen LogP contribution in [-0.2, 0) is 11.3 Å². The van der Waals surface area contributed by atoms with E-state index in [1.807, 2.05) is 0 Å². The van der Waals surface area contributed by atoms with Crippen LogP contribution < -0.4 is 9.61 Å². The lowest BCUT2D eigenvalue weighted by atomic mass is 10.3. The van der Waals surface area contributed by atoms with Crippen LogP contribution >= 0.6 is 11.3 Å². The lowest BCUT2D eigenvalue weighted by Gasteiger charge is -2.06. The summed E-state index contributed by atoms with van der Waals surface area (Å²) in [6, 6.07) is 12.7. The number of thiazole rings is 1. The van der Waals surface area contributed by atoms with Crippen molar-refractivity contribution in [3.8, 4) is 5.75 Å². The Kier molecular flexibility index (Phi) is 3.90. The van der Waals surface area contributed by atoms with Gasteiger partial charge in [0.2, 0.25) is 5.75 Å². The number of aromatic nitrogens is 1. The number of rotatable bonds is 4. The number of benzene rings is 2. The van der Waals surface area contributed by atoms with E-state index in [2.05, 4.69) is 0 Å². The topological polar surface area (TPSA) is 91.4 Å². The van der Waals surface area contributed by atoms with Crippen molar-refractivity contribution >= 4 is 33.2 Å². The summed E-state index contributed by atoms with van der Waals surface area (Å²) in [5.41, 5.74) is 0.324. The molecule has 2 aromatic carbocycles. The maximum absolute atomic E-state index is 12.1. The third-order valence-electron chi connectivity index (χ3n) is 3.15. The van der Waals surface area contributed by atoms with Crippen molar-refractivity contribution in [3.05, 3.63) is 68.3 Å². The third-order valence-corrected chi connectivity index (χ3v) is 4.11. The Morgan fingerprint density at radius 1 is 1.17 bits per heavy atom. The number of nitro benzene ring substituents is 1. The second-order valence-electron chi connectivity index (χ2n) is 4.62. The van der Waals surface area contributed by atoms with Crippen molar-refractivity contribution in [3.63, 3.8) is 0 Å². The number of nitrogens with zero attached hydrogens (tertiary/aromatic N) is 2. The summed E-state index contributed by atoms with van der Waals surface area (Å²) in [7, 11) is 0. The minimum absolute atomic E-state index is 0.143. The molecule has 0 saturated carbocycles. The van der Waals surface area contributed by atoms with Gasteiger partial charge in [0.1, 0.15) is 6.54 Å². The van der Waals surface area contributed by atoms with E-state index >= 15 is 0 Å². The van der Waals surface area contributed by atoms with Crippen molar-refractivity contribution in [2.75, 3.05) is 0 Å². The number of nitro groups is 1. The highest BCUT2D eigenvalue weighted by Crippen LogP contribution is 2.26. The maximum Gasteiger partial charge on any atom is 0.331 e. The van der Waals surface area contributed by atoms with Gasteiger partial charge >= 0.3 is 16.5 Å². The van der Waals surface area contributed by atoms with Gasteiger partial charge < -0.3 is 4.74 Å². The number of hydrogen-bond donors (Lipinski definition) is 0. The molecule has 116 valence electrons. The first-order valence-electron chi connectivity index (χ1n) is 6.59. The molecule has 0 aliphatic rings. The molecule has 3 aromatic rings. The largest absolute Gasteiger partial charge is 0.418 e. The molecule has 8 heteroatoms. The number of para-hydroxylation sites is 3. The van der Waals surface area contributed by atoms with E-state index in [-0.39, 0.29) is 22.9 Å². The number of hydrogen-bond acceptors (Lipinski definition) is 6. The Bertz CT molecular complexity index is 960. The molecule has 0 aliphatic heterocycles. The zero-order valence-corrected chi connectivity index (χ0v) is 12.5. The Morgan fingerprint density at radius 2 is 1.87 bits per heavy atom. The van der Waals surface area contributed by atoms with Crippen LogP contribution in [0.5, 0.6) is 5.75 Å². The van der Waals surface area contributed by atoms with Crippen molar-refractivity contribution in [1.82, 2.24) is 4.57 Å². The molecule has 0 bridgehead atoms. The molecule has 0 fully saturated rings. The maximum atomic E-state index is 12.1. The van der Waals surface area contributed by atoms with Crippen molar-refractivity contribution in [1.29, 1.82) is 0 Å². The molecule has 0 amide bonds. The number of carbonyl (C=O) groups is 1. The first-order chi connectivity index (χ1) is 11.1. The molecule has 0 saturated heterocycles. The van der Waals surface area contributed by atoms with E-state index in [4.69, 9.17) is 4.74 Å². The quantitative estimate of drug-likeness (QED) is 0.317. The van der Waals surface area contributed by atoms with Gasteiger partial charge in [-0.15, -0.1) is 0 Å². The molecule has 0 aliphatic carbocycles. The van der Waals surface area contributed by atoms with Crippen LogP contribution in [0.15, 0.2) is 53.3 Å². The molecular formula is C15H10N2O5S. The number of esters is 1. The van der Waals surface area contributed by atoms with E-state index < -0.39 is 10.9 Å². The summed E-state index contributed by atoms with van der Waals surface area (Å²) in [6.45, 7) is -0.311. The molecule has 0 spiro atoms. The van der Waals surface area contributed by atoms with Gasteiger partial charge in [-0.1, -0.05) is 35.6 Å². The second-order valence-corrected chi connectivity index (χ2v) is 5.61. The minimum Gasteiger partial charge on any atom is -0.418 e. The van der Waals surface area contributed by atoms with Crippen LogP contribution in [0, 0.1) is 10.1 Å². The molecule has 3 rings (SSSR count). The first-order valence-corrected chi connectivity index (χ1v) is 7.40. The van der Waals surface area contributed by atoms with Gasteiger partial charge in [-0.05, 0) is 18.2 Å². The zero-order chi connectivity index (χ0) is 16.4. The molecular weight excluding hydrogens is 320 g/mol. The van der Waals surface area contributed by atoms with Gasteiger partial charge in [-0.2, -0.15) is 0 Å². The fourth-order valence-corrected chi connectivity index (χ4v) is 3.03. The van der Waals surface area contributed by atoms with Gasteiger partial charge in [-0.25, -0.2) is 4.79 Å². The lowest BCUT2D eigenvalue weighted by molar-refractivity contribution is -0.385. The van der Waals surface area contributed by atoms with Crippen LogP contribution in [0.1, 0.15) is 0 Å². The highest BCUT2D eigenvalue weighted by Gasteiger charge is 2.18. The fraction of sp³-hybridized carbons (Fsp3) is 0.0667. The normalized spacial score (nSPS) is 10.6. The van der Waals surface area contributed by atoms with Crippen molar-refractivity contribution < 1.29 is 14.5 Å². The average molecular weight is 330 g/mol. The van der Waals surface area contributed by atoms with E-state index in [1.165, 1.54) is 28.8 Å². The van der Waals surface area contributed by atoms with Gasteiger partial charge in [-0.3, -0.25) is 19.5 Å². The van der Waals surface area contributed by atoms with Gasteiger partial charge in [0.15, 0.2) is 0 Å². The van der Waals surface area contributed by atoms with Crippen molar-refractivity contribution in [2.45, 2.75) is 6.54 Å². The lowest BCUT2D eigenvalue weighted by Crippen LogP contribution is -2.22. The fourth-order valence-electron chi connectivity index (χ4n) is 2.14. The smallest absolute Gasteiger partial charge is 0.331 e.